The van der Waals surface area contributed by atoms with Crippen molar-refractivity contribution in [2.75, 3.05) is 5.88 Å². The summed E-state index contributed by atoms with van der Waals surface area (Å²) < 4.78 is 0. The summed E-state index contributed by atoms with van der Waals surface area (Å²) in [5, 5.41) is 8.49. The lowest BCUT2D eigenvalue weighted by Gasteiger charge is -1.83. The number of allylic oxidation sites excluding steroid dienone is 2. The van der Waals surface area contributed by atoms with E-state index in [2.05, 4.69) is 0 Å². The van der Waals surface area contributed by atoms with E-state index in [0.717, 1.165) is 6.42 Å². The van der Waals surface area contributed by atoms with Gasteiger partial charge in [-0.1, -0.05) is 0 Å². The fourth-order valence-corrected chi connectivity index (χ4v) is 0.373. The van der Waals surface area contributed by atoms with Crippen molar-refractivity contribution in [3.8, 4) is 0 Å². The molecule has 0 aromatic heterocycles. The van der Waals surface area contributed by atoms with E-state index in [1.807, 2.05) is 0 Å². The van der Waals surface area contributed by atoms with Crippen LogP contribution in [0, 0.1) is 0 Å². The number of aliphatic hydroxyl groups is 1. The first-order chi connectivity index (χ1) is 3.27. The van der Waals surface area contributed by atoms with Crippen LogP contribution in [0.2, 0.25) is 0 Å². The van der Waals surface area contributed by atoms with Crippen molar-refractivity contribution in [1.29, 1.82) is 0 Å². The maximum absolute atomic E-state index is 8.49. The maximum Gasteiger partial charge on any atom is 0.0852 e. The van der Waals surface area contributed by atoms with E-state index in [0.29, 0.717) is 11.6 Å². The van der Waals surface area contributed by atoms with Gasteiger partial charge in [-0.3, -0.25) is 0 Å². The predicted octanol–water partition coefficient (Wildman–Crippen LogP) is 2.08. The number of hydrogen-bond donors (Lipinski definition) is 1. The van der Waals surface area contributed by atoms with Crippen LogP contribution in [0.3, 0.4) is 0 Å². The van der Waals surface area contributed by atoms with E-state index in [1.165, 1.54) is 0 Å². The molecule has 0 aromatic rings. The van der Waals surface area contributed by atoms with Crippen molar-refractivity contribution in [2.45, 2.75) is 13.3 Å². The fraction of sp³-hybridized carbons (Fsp3) is 0.600. The van der Waals surface area contributed by atoms with Crippen LogP contribution in [0.4, 0.5) is 0 Å². The van der Waals surface area contributed by atoms with Gasteiger partial charge in [-0.2, -0.15) is 0 Å². The second-order valence-electron chi connectivity index (χ2n) is 1.32. The summed E-state index contributed by atoms with van der Waals surface area (Å²) >= 11 is 5.29. The first-order valence-corrected chi connectivity index (χ1v) is 2.72. The quantitative estimate of drug-likeness (QED) is 0.437. The third kappa shape index (κ3) is 5.83. The van der Waals surface area contributed by atoms with Crippen LogP contribution in [-0.4, -0.2) is 11.0 Å². The highest BCUT2D eigenvalue weighted by atomic mass is 35.5. The monoisotopic (exact) mass is 120 g/mol. The number of alkyl halides is 1. The molecule has 2 heteroatoms. The number of hydrogen-bond acceptors (Lipinski definition) is 1. The summed E-state index contributed by atoms with van der Waals surface area (Å²) in [5.74, 6) is 0.929. The van der Waals surface area contributed by atoms with Crippen LogP contribution >= 0.6 is 11.6 Å². The highest BCUT2D eigenvalue weighted by molar-refractivity contribution is 6.17. The lowest BCUT2D eigenvalue weighted by molar-refractivity contribution is 0.412. The van der Waals surface area contributed by atoms with Crippen molar-refractivity contribution >= 4 is 11.6 Å². The van der Waals surface area contributed by atoms with Crippen molar-refractivity contribution in [2.24, 2.45) is 0 Å². The minimum absolute atomic E-state index is 0.348. The molecular weight excluding hydrogens is 112 g/mol. The highest BCUT2D eigenvalue weighted by Crippen LogP contribution is 1.90. The number of halogens is 1. The Morgan fingerprint density at radius 2 is 2.43 bits per heavy atom. The van der Waals surface area contributed by atoms with Gasteiger partial charge < -0.3 is 5.11 Å². The molecule has 0 heterocycles. The van der Waals surface area contributed by atoms with Crippen LogP contribution in [-0.2, 0) is 0 Å². The Bertz CT molecular complexity index is 64.5. The molecule has 0 aliphatic rings. The Balaban J connectivity index is 3.08. The van der Waals surface area contributed by atoms with Gasteiger partial charge in [0.2, 0.25) is 0 Å². The van der Waals surface area contributed by atoms with Crippen molar-refractivity contribution < 1.29 is 5.11 Å². The molecule has 0 atom stereocenters. The van der Waals surface area contributed by atoms with Gasteiger partial charge in [0.05, 0.1) is 5.76 Å². The third-order valence-corrected chi connectivity index (χ3v) is 0.767. The molecule has 42 valence electrons. The number of aliphatic hydroxyl groups excluding tert-OH is 1. The molecule has 0 amide bonds. The predicted molar refractivity (Wildman–Crippen MR) is 31.7 cm³/mol. The molecule has 0 spiro atoms. The topological polar surface area (TPSA) is 20.2 Å². The Labute approximate surface area is 48.6 Å². The molecule has 0 aromatic carbocycles. The first kappa shape index (κ1) is 6.83. The van der Waals surface area contributed by atoms with Crippen molar-refractivity contribution in [1.82, 2.24) is 0 Å². The average Bonchev–Trinajstić information content (AvgIpc) is 1.61. The van der Waals surface area contributed by atoms with Gasteiger partial charge in [-0.25, -0.2) is 0 Å². The van der Waals surface area contributed by atoms with Gasteiger partial charge in [0, 0.05) is 5.88 Å². The minimum atomic E-state index is 0.348. The molecule has 0 aliphatic heterocycles. The van der Waals surface area contributed by atoms with Gasteiger partial charge in [0.1, 0.15) is 0 Å². The SMILES string of the molecule is C/C(O)=C/CCCl. The standard InChI is InChI=1S/C5H9ClO/c1-5(7)3-2-4-6/h3,7H,2,4H2,1H3/b5-3-. The molecular formula is C5H9ClO. The molecule has 0 saturated heterocycles. The smallest absolute Gasteiger partial charge is 0.0852 e. The molecule has 0 radical (unpaired) electrons. The second kappa shape index (κ2) is 4.00. The van der Waals surface area contributed by atoms with E-state index in [1.54, 1.807) is 13.0 Å². The van der Waals surface area contributed by atoms with Gasteiger partial charge in [-0.15, -0.1) is 11.6 Å². The van der Waals surface area contributed by atoms with E-state index >= 15 is 0 Å². The van der Waals surface area contributed by atoms with Crippen LogP contribution in [0.1, 0.15) is 13.3 Å². The summed E-state index contributed by atoms with van der Waals surface area (Å²) in [6, 6.07) is 0. The van der Waals surface area contributed by atoms with Crippen molar-refractivity contribution in [3.63, 3.8) is 0 Å². The van der Waals surface area contributed by atoms with E-state index in [4.69, 9.17) is 16.7 Å². The minimum Gasteiger partial charge on any atom is -0.513 e. The third-order valence-electron chi connectivity index (χ3n) is 0.549. The Hall–Kier alpha value is -0.170. The molecule has 7 heavy (non-hydrogen) atoms. The average molecular weight is 121 g/mol. The molecule has 0 bridgehead atoms. The molecule has 1 nitrogen and oxygen atoms in total. The molecule has 0 unspecified atom stereocenters. The van der Waals surface area contributed by atoms with Gasteiger partial charge in [0.25, 0.3) is 0 Å². The zero-order chi connectivity index (χ0) is 5.70. The lowest BCUT2D eigenvalue weighted by Crippen LogP contribution is -1.71. The molecule has 0 fully saturated rings. The largest absolute Gasteiger partial charge is 0.513 e. The van der Waals surface area contributed by atoms with Crippen LogP contribution in [0.25, 0.3) is 0 Å². The normalized spacial score (nSPS) is 12.0. The first-order valence-electron chi connectivity index (χ1n) is 2.19. The maximum atomic E-state index is 8.49. The molecule has 0 rings (SSSR count). The van der Waals surface area contributed by atoms with E-state index < -0.39 is 0 Å². The molecule has 0 saturated carbocycles. The highest BCUT2D eigenvalue weighted by Gasteiger charge is 1.76. The fourth-order valence-electron chi connectivity index (χ4n) is 0.263. The Morgan fingerprint density at radius 3 is 2.57 bits per heavy atom. The lowest BCUT2D eigenvalue weighted by atomic mass is 10.4. The summed E-state index contributed by atoms with van der Waals surface area (Å²) in [4.78, 5) is 0. The van der Waals surface area contributed by atoms with Crippen LogP contribution in [0.15, 0.2) is 11.8 Å². The van der Waals surface area contributed by atoms with Crippen molar-refractivity contribution in [3.05, 3.63) is 11.8 Å². The Morgan fingerprint density at radius 1 is 1.86 bits per heavy atom. The summed E-state index contributed by atoms with van der Waals surface area (Å²) in [5.41, 5.74) is 0. The van der Waals surface area contributed by atoms with Gasteiger partial charge in [0.15, 0.2) is 0 Å². The Kier molecular flexibility index (Phi) is 3.90. The summed E-state index contributed by atoms with van der Waals surface area (Å²) in [6.07, 6.45) is 2.44. The summed E-state index contributed by atoms with van der Waals surface area (Å²) in [7, 11) is 0. The zero-order valence-electron chi connectivity index (χ0n) is 4.32. The van der Waals surface area contributed by atoms with E-state index in [9.17, 15) is 0 Å². The van der Waals surface area contributed by atoms with Crippen LogP contribution in [0.5, 0.6) is 0 Å². The summed E-state index contributed by atoms with van der Waals surface area (Å²) in [6.45, 7) is 1.63. The second-order valence-corrected chi connectivity index (χ2v) is 1.70. The van der Waals surface area contributed by atoms with Crippen LogP contribution < -0.4 is 0 Å². The molecule has 0 aliphatic carbocycles. The molecule has 1 N–H and O–H groups in total. The zero-order valence-corrected chi connectivity index (χ0v) is 5.07. The van der Waals surface area contributed by atoms with Gasteiger partial charge in [-0.05, 0) is 19.4 Å². The van der Waals surface area contributed by atoms with Gasteiger partial charge >= 0.3 is 0 Å². The van der Waals surface area contributed by atoms with E-state index in [-0.39, 0.29) is 0 Å². The number of rotatable bonds is 2.